The van der Waals surface area contributed by atoms with Gasteiger partial charge in [-0.05, 0) is 36.8 Å². The van der Waals surface area contributed by atoms with Gasteiger partial charge in [-0.25, -0.2) is 4.79 Å². The van der Waals surface area contributed by atoms with Crippen LogP contribution in [0, 0.1) is 6.92 Å². The fraction of sp³-hybridized carbons (Fsp3) is 0.318. The van der Waals surface area contributed by atoms with Crippen molar-refractivity contribution in [2.24, 2.45) is 0 Å². The number of hydrogen-bond donors (Lipinski definition) is 1. The monoisotopic (exact) mass is 408 g/mol. The van der Waals surface area contributed by atoms with Gasteiger partial charge in [0.1, 0.15) is 11.9 Å². The van der Waals surface area contributed by atoms with Crippen LogP contribution in [0.5, 0.6) is 5.75 Å². The highest BCUT2D eigenvalue weighted by atomic mass is 16.5. The first-order chi connectivity index (χ1) is 14.6. The summed E-state index contributed by atoms with van der Waals surface area (Å²) in [6.45, 7) is 3.54. The van der Waals surface area contributed by atoms with Gasteiger partial charge in [-0.15, -0.1) is 0 Å². The van der Waals surface area contributed by atoms with Crippen LogP contribution in [0.25, 0.3) is 11.5 Å². The molecule has 2 heterocycles. The normalized spacial score (nSPS) is 13.7. The number of aryl methyl sites for hydroxylation is 1. The molecule has 0 atom stereocenters. The molecule has 1 saturated heterocycles. The highest BCUT2D eigenvalue weighted by Crippen LogP contribution is 2.30. The topological polar surface area (TPSA) is 89.7 Å². The summed E-state index contributed by atoms with van der Waals surface area (Å²) < 4.78 is 16.5. The lowest BCUT2D eigenvalue weighted by Crippen LogP contribution is -2.57. The number of nitrogens with zero attached hydrogens (tertiary/aromatic N) is 3. The van der Waals surface area contributed by atoms with Gasteiger partial charge in [-0.3, -0.25) is 0 Å². The van der Waals surface area contributed by atoms with Gasteiger partial charge in [0.25, 0.3) is 5.89 Å². The Balaban J connectivity index is 1.35. The number of anilines is 1. The molecule has 1 N–H and O–H groups in total. The molecule has 30 heavy (non-hydrogen) atoms. The van der Waals surface area contributed by atoms with Crippen LogP contribution in [0.1, 0.15) is 11.4 Å². The number of amides is 2. The van der Waals surface area contributed by atoms with Crippen LogP contribution >= 0.6 is 0 Å². The van der Waals surface area contributed by atoms with E-state index in [0.717, 1.165) is 16.8 Å². The van der Waals surface area contributed by atoms with Crippen LogP contribution in [0.15, 0.2) is 53.1 Å². The molecule has 1 aromatic heterocycles. The number of urea groups is 1. The number of aromatic nitrogens is 2. The molecule has 1 fully saturated rings. The average Bonchev–Trinajstić information content (AvgIpc) is 3.17. The van der Waals surface area contributed by atoms with Crippen molar-refractivity contribution >= 4 is 11.7 Å². The Morgan fingerprint density at radius 1 is 1.23 bits per heavy atom. The Morgan fingerprint density at radius 2 is 2.07 bits per heavy atom. The number of likely N-dealkylation sites (tertiary alicyclic amines) is 1. The van der Waals surface area contributed by atoms with Gasteiger partial charge in [0.2, 0.25) is 0 Å². The minimum atomic E-state index is -0.131. The van der Waals surface area contributed by atoms with Gasteiger partial charge in [0, 0.05) is 19.2 Å². The maximum absolute atomic E-state index is 12.4. The van der Waals surface area contributed by atoms with E-state index in [2.05, 4.69) is 15.5 Å². The lowest BCUT2D eigenvalue weighted by atomic mass is 10.1. The molecule has 0 aliphatic carbocycles. The number of methoxy groups -OCH3 is 1. The van der Waals surface area contributed by atoms with Crippen LogP contribution < -0.4 is 10.1 Å². The molecule has 0 spiro atoms. The van der Waals surface area contributed by atoms with Crippen molar-refractivity contribution in [3.63, 3.8) is 0 Å². The number of hydrogen-bond acceptors (Lipinski definition) is 6. The molecular weight excluding hydrogens is 384 g/mol. The summed E-state index contributed by atoms with van der Waals surface area (Å²) in [6.07, 6.45) is 0.488. The van der Waals surface area contributed by atoms with Crippen LogP contribution in [-0.2, 0) is 11.2 Å². The minimum absolute atomic E-state index is 0.0923. The zero-order chi connectivity index (χ0) is 20.9. The third kappa shape index (κ3) is 4.60. The molecule has 1 aliphatic heterocycles. The second-order valence-corrected chi connectivity index (χ2v) is 7.20. The van der Waals surface area contributed by atoms with Crippen LogP contribution in [-0.4, -0.2) is 54.0 Å². The maximum atomic E-state index is 12.4. The Morgan fingerprint density at radius 3 is 2.87 bits per heavy atom. The summed E-state index contributed by atoms with van der Waals surface area (Å²) in [7, 11) is 1.63. The van der Waals surface area contributed by atoms with Gasteiger partial charge in [0.05, 0.1) is 25.3 Å². The van der Waals surface area contributed by atoms with E-state index in [4.69, 9.17) is 14.0 Å². The van der Waals surface area contributed by atoms with Crippen molar-refractivity contribution in [1.82, 2.24) is 15.0 Å². The quantitative estimate of drug-likeness (QED) is 0.643. The predicted octanol–water partition coefficient (Wildman–Crippen LogP) is 3.53. The maximum Gasteiger partial charge on any atom is 0.322 e. The highest BCUT2D eigenvalue weighted by Gasteiger charge is 2.33. The van der Waals surface area contributed by atoms with Crippen LogP contribution in [0.4, 0.5) is 10.5 Å². The van der Waals surface area contributed by atoms with Crippen molar-refractivity contribution in [2.45, 2.75) is 19.4 Å². The highest BCUT2D eigenvalue weighted by molar-refractivity contribution is 5.90. The van der Waals surface area contributed by atoms with E-state index in [1.807, 2.05) is 55.5 Å². The molecule has 2 amide bonds. The molecule has 3 aromatic rings. The first kappa shape index (κ1) is 19.9. The first-order valence-electron chi connectivity index (χ1n) is 9.82. The number of carbonyl (C=O) groups excluding carboxylic acids is 1. The van der Waals surface area contributed by atoms with E-state index < -0.39 is 0 Å². The molecule has 1 aliphatic rings. The van der Waals surface area contributed by atoms with Gasteiger partial charge >= 0.3 is 6.03 Å². The number of carbonyl (C=O) groups is 1. The Kier molecular flexibility index (Phi) is 5.94. The number of benzene rings is 2. The number of rotatable bonds is 7. The van der Waals surface area contributed by atoms with Crippen molar-refractivity contribution in [3.8, 4) is 17.2 Å². The molecule has 0 bridgehead atoms. The van der Waals surface area contributed by atoms with Gasteiger partial charge < -0.3 is 24.2 Å². The SMILES string of the molecule is COCCc1noc(-c2ccccc2OC2CN(C(=O)Nc3cccc(C)c3)C2)n1. The summed E-state index contributed by atoms with van der Waals surface area (Å²) in [6, 6.07) is 15.1. The molecule has 8 heteroatoms. The molecule has 0 unspecified atom stereocenters. The smallest absolute Gasteiger partial charge is 0.322 e. The van der Waals surface area contributed by atoms with Crippen molar-refractivity contribution in [1.29, 1.82) is 0 Å². The van der Waals surface area contributed by atoms with E-state index in [-0.39, 0.29) is 12.1 Å². The van der Waals surface area contributed by atoms with Gasteiger partial charge in [0.15, 0.2) is 5.82 Å². The molecule has 4 rings (SSSR count). The molecule has 156 valence electrons. The van der Waals surface area contributed by atoms with Gasteiger partial charge in [-0.1, -0.05) is 29.4 Å². The third-order valence-electron chi connectivity index (χ3n) is 4.81. The van der Waals surface area contributed by atoms with Crippen LogP contribution in [0.2, 0.25) is 0 Å². The molecule has 8 nitrogen and oxygen atoms in total. The fourth-order valence-corrected chi connectivity index (χ4v) is 3.19. The second-order valence-electron chi connectivity index (χ2n) is 7.20. The summed E-state index contributed by atoms with van der Waals surface area (Å²) in [5.74, 6) is 1.65. The van der Waals surface area contributed by atoms with Crippen molar-refractivity contribution in [3.05, 3.63) is 59.9 Å². The summed E-state index contributed by atoms with van der Waals surface area (Å²) in [5, 5.41) is 6.90. The number of ether oxygens (including phenoxy) is 2. The second kappa shape index (κ2) is 8.96. The van der Waals surface area contributed by atoms with E-state index in [0.29, 0.717) is 43.6 Å². The molecule has 0 radical (unpaired) electrons. The molecule has 0 saturated carbocycles. The Labute approximate surface area is 174 Å². The van der Waals surface area contributed by atoms with Crippen LogP contribution in [0.3, 0.4) is 0 Å². The van der Waals surface area contributed by atoms with E-state index in [1.54, 1.807) is 12.0 Å². The Bertz CT molecular complexity index is 1010. The molecular formula is C22H24N4O4. The first-order valence-corrected chi connectivity index (χ1v) is 9.82. The zero-order valence-electron chi connectivity index (χ0n) is 17.0. The van der Waals surface area contributed by atoms with E-state index in [1.165, 1.54) is 0 Å². The van der Waals surface area contributed by atoms with Gasteiger partial charge in [-0.2, -0.15) is 4.98 Å². The zero-order valence-corrected chi connectivity index (χ0v) is 17.0. The standard InChI is InChI=1S/C22H24N4O4/c1-15-6-5-7-16(12-15)23-22(27)26-13-17(14-26)29-19-9-4-3-8-18(19)21-24-20(25-30-21)10-11-28-2/h3-9,12,17H,10-11,13-14H2,1-2H3,(H,23,27). The Hall–Kier alpha value is -3.39. The lowest BCUT2D eigenvalue weighted by molar-refractivity contribution is 0.0496. The van der Waals surface area contributed by atoms with E-state index >= 15 is 0 Å². The van der Waals surface area contributed by atoms with Crippen molar-refractivity contribution < 1.29 is 18.8 Å². The van der Waals surface area contributed by atoms with E-state index in [9.17, 15) is 4.79 Å². The average molecular weight is 408 g/mol. The largest absolute Gasteiger partial charge is 0.486 e. The number of para-hydroxylation sites is 1. The van der Waals surface area contributed by atoms with Crippen molar-refractivity contribution in [2.75, 3.05) is 32.1 Å². The minimum Gasteiger partial charge on any atom is -0.486 e. The third-order valence-corrected chi connectivity index (χ3v) is 4.81. The summed E-state index contributed by atoms with van der Waals surface area (Å²) in [4.78, 5) is 18.5. The summed E-state index contributed by atoms with van der Waals surface area (Å²) >= 11 is 0. The number of nitrogens with one attached hydrogen (secondary N) is 1. The lowest BCUT2D eigenvalue weighted by Gasteiger charge is -2.39. The molecule has 2 aromatic carbocycles. The predicted molar refractivity (Wildman–Crippen MR) is 112 cm³/mol. The fourth-order valence-electron chi connectivity index (χ4n) is 3.19. The summed E-state index contributed by atoms with van der Waals surface area (Å²) in [5.41, 5.74) is 2.62.